The maximum atomic E-state index is 10.9. The molecular formula is C9H12N4O2S. The molecule has 1 N–H and O–H groups in total. The van der Waals surface area contributed by atoms with Gasteiger partial charge in [-0.25, -0.2) is 18.4 Å². The summed E-state index contributed by atoms with van der Waals surface area (Å²) in [4.78, 5) is 7.76. The lowest BCUT2D eigenvalue weighted by atomic mass is 10.4. The second kappa shape index (κ2) is 5.42. The van der Waals surface area contributed by atoms with E-state index in [1.54, 1.807) is 0 Å². The molecule has 0 unspecified atom stereocenters. The minimum absolute atomic E-state index is 0.113. The number of anilines is 1. The Labute approximate surface area is 94.3 Å². The molecule has 1 aromatic heterocycles. The monoisotopic (exact) mass is 240 g/mol. The van der Waals surface area contributed by atoms with Crippen molar-refractivity contribution in [2.24, 2.45) is 0 Å². The molecule has 16 heavy (non-hydrogen) atoms. The zero-order valence-corrected chi connectivity index (χ0v) is 9.66. The molecule has 0 saturated heterocycles. The molecule has 0 radical (unpaired) electrons. The van der Waals surface area contributed by atoms with Gasteiger partial charge in [0.1, 0.15) is 15.9 Å². The van der Waals surface area contributed by atoms with Crippen LogP contribution < -0.4 is 5.32 Å². The molecule has 0 aliphatic heterocycles. The van der Waals surface area contributed by atoms with Crippen LogP contribution in [0.3, 0.4) is 0 Å². The number of sulfone groups is 1. The first-order valence-corrected chi connectivity index (χ1v) is 6.71. The molecule has 1 heterocycles. The van der Waals surface area contributed by atoms with Crippen molar-refractivity contribution in [2.75, 3.05) is 23.9 Å². The highest BCUT2D eigenvalue weighted by atomic mass is 32.2. The number of aromatic nitrogens is 2. The summed E-state index contributed by atoms with van der Waals surface area (Å²) in [6.07, 6.45) is 4.57. The molecule has 0 fully saturated rings. The summed E-state index contributed by atoms with van der Waals surface area (Å²) >= 11 is 0. The van der Waals surface area contributed by atoms with Crippen LogP contribution in [0.15, 0.2) is 12.4 Å². The highest BCUT2D eigenvalue weighted by Gasteiger charge is 2.04. The Bertz CT molecular complexity index is 492. The number of hydrogen-bond acceptors (Lipinski definition) is 6. The van der Waals surface area contributed by atoms with E-state index in [0.717, 1.165) is 0 Å². The maximum Gasteiger partial charge on any atom is 0.182 e. The number of nitriles is 1. The largest absolute Gasteiger partial charge is 0.368 e. The van der Waals surface area contributed by atoms with Gasteiger partial charge in [0.15, 0.2) is 11.5 Å². The SMILES string of the molecule is CS(=O)(=O)CCCNc1nccnc1C#N. The summed E-state index contributed by atoms with van der Waals surface area (Å²) in [5, 5.41) is 11.6. The van der Waals surface area contributed by atoms with E-state index in [1.807, 2.05) is 6.07 Å². The molecule has 0 spiro atoms. The third-order valence-corrected chi connectivity index (χ3v) is 2.82. The van der Waals surface area contributed by atoms with Crippen molar-refractivity contribution in [1.29, 1.82) is 5.26 Å². The van der Waals surface area contributed by atoms with Gasteiger partial charge in [0.25, 0.3) is 0 Å². The van der Waals surface area contributed by atoms with E-state index in [2.05, 4.69) is 15.3 Å². The average Bonchev–Trinajstić information content (AvgIpc) is 2.23. The fourth-order valence-corrected chi connectivity index (χ4v) is 1.76. The molecular weight excluding hydrogens is 228 g/mol. The van der Waals surface area contributed by atoms with E-state index in [-0.39, 0.29) is 11.4 Å². The molecule has 0 bridgehead atoms. The average molecular weight is 240 g/mol. The number of nitrogens with zero attached hydrogens (tertiary/aromatic N) is 3. The summed E-state index contributed by atoms with van der Waals surface area (Å²) in [6, 6.07) is 1.90. The molecule has 86 valence electrons. The van der Waals surface area contributed by atoms with E-state index in [4.69, 9.17) is 5.26 Å². The number of rotatable bonds is 5. The molecule has 7 heteroatoms. The molecule has 0 aliphatic rings. The third-order valence-electron chi connectivity index (χ3n) is 1.79. The highest BCUT2D eigenvalue weighted by Crippen LogP contribution is 2.05. The van der Waals surface area contributed by atoms with Crippen molar-refractivity contribution in [3.8, 4) is 6.07 Å². The lowest BCUT2D eigenvalue weighted by Crippen LogP contribution is -2.11. The third kappa shape index (κ3) is 4.23. The predicted molar refractivity (Wildman–Crippen MR) is 59.6 cm³/mol. The van der Waals surface area contributed by atoms with E-state index >= 15 is 0 Å². The minimum Gasteiger partial charge on any atom is -0.368 e. The molecule has 6 nitrogen and oxygen atoms in total. The molecule has 1 aromatic rings. The van der Waals surface area contributed by atoms with Gasteiger partial charge >= 0.3 is 0 Å². The Morgan fingerprint density at radius 1 is 1.44 bits per heavy atom. The van der Waals surface area contributed by atoms with Gasteiger partial charge in [-0.05, 0) is 6.42 Å². The quantitative estimate of drug-likeness (QED) is 0.738. The van der Waals surface area contributed by atoms with Crippen molar-refractivity contribution < 1.29 is 8.42 Å². The topological polar surface area (TPSA) is 95.7 Å². The summed E-state index contributed by atoms with van der Waals surface area (Å²) in [6.45, 7) is 0.445. The molecule has 0 saturated carbocycles. The van der Waals surface area contributed by atoms with Crippen LogP contribution >= 0.6 is 0 Å². The van der Waals surface area contributed by atoms with Gasteiger partial charge in [0.2, 0.25) is 0 Å². The van der Waals surface area contributed by atoms with E-state index in [1.165, 1.54) is 18.6 Å². The fraction of sp³-hybridized carbons (Fsp3) is 0.444. The Hall–Kier alpha value is -1.68. The van der Waals surface area contributed by atoms with Crippen LogP contribution in [-0.4, -0.2) is 36.9 Å². The van der Waals surface area contributed by atoms with E-state index in [0.29, 0.717) is 18.8 Å². The van der Waals surface area contributed by atoms with Gasteiger partial charge in [-0.3, -0.25) is 0 Å². The zero-order chi connectivity index (χ0) is 12.0. The normalized spacial score (nSPS) is 10.8. The highest BCUT2D eigenvalue weighted by molar-refractivity contribution is 7.90. The van der Waals surface area contributed by atoms with Gasteiger partial charge in [-0.15, -0.1) is 0 Å². The summed E-state index contributed by atoms with van der Waals surface area (Å²) < 4.78 is 21.7. The van der Waals surface area contributed by atoms with Gasteiger partial charge in [0.05, 0.1) is 5.75 Å². The van der Waals surface area contributed by atoms with Crippen LogP contribution in [-0.2, 0) is 9.84 Å². The van der Waals surface area contributed by atoms with Crippen molar-refractivity contribution in [3.05, 3.63) is 18.1 Å². The van der Waals surface area contributed by atoms with Crippen molar-refractivity contribution in [1.82, 2.24) is 9.97 Å². The maximum absolute atomic E-state index is 10.9. The Balaban J connectivity index is 2.47. The Kier molecular flexibility index (Phi) is 4.19. The summed E-state index contributed by atoms with van der Waals surface area (Å²) in [5.41, 5.74) is 0.210. The number of nitrogens with one attached hydrogen (secondary N) is 1. The Morgan fingerprint density at radius 3 is 2.75 bits per heavy atom. The van der Waals surface area contributed by atoms with E-state index in [9.17, 15) is 8.42 Å². The first kappa shape index (κ1) is 12.4. The standard InChI is InChI=1S/C9H12N4O2S/c1-16(14,15)6-2-3-12-9-8(7-10)11-4-5-13-9/h4-5H,2-3,6H2,1H3,(H,12,13). The van der Waals surface area contributed by atoms with Crippen LogP contribution in [0.25, 0.3) is 0 Å². The molecule has 0 aromatic carbocycles. The van der Waals surface area contributed by atoms with Crippen molar-refractivity contribution in [3.63, 3.8) is 0 Å². The second-order valence-electron chi connectivity index (χ2n) is 3.28. The molecule has 0 amide bonds. The summed E-state index contributed by atoms with van der Waals surface area (Å²) in [5.74, 6) is 0.501. The van der Waals surface area contributed by atoms with Crippen molar-refractivity contribution in [2.45, 2.75) is 6.42 Å². The minimum atomic E-state index is -2.94. The second-order valence-corrected chi connectivity index (χ2v) is 5.54. The predicted octanol–water partition coefficient (Wildman–Crippen LogP) is 0.195. The lowest BCUT2D eigenvalue weighted by molar-refractivity contribution is 0.600. The zero-order valence-electron chi connectivity index (χ0n) is 8.84. The van der Waals surface area contributed by atoms with Crippen LogP contribution in [0.2, 0.25) is 0 Å². The van der Waals surface area contributed by atoms with Gasteiger partial charge < -0.3 is 5.32 Å². The van der Waals surface area contributed by atoms with Crippen molar-refractivity contribution >= 4 is 15.7 Å². The lowest BCUT2D eigenvalue weighted by Gasteiger charge is -2.05. The molecule has 0 atom stereocenters. The van der Waals surface area contributed by atoms with Crippen LogP contribution in [0.5, 0.6) is 0 Å². The Morgan fingerprint density at radius 2 is 2.12 bits per heavy atom. The van der Waals surface area contributed by atoms with Crippen LogP contribution in [0.1, 0.15) is 12.1 Å². The van der Waals surface area contributed by atoms with Crippen LogP contribution in [0, 0.1) is 11.3 Å². The fourth-order valence-electron chi connectivity index (χ4n) is 1.09. The van der Waals surface area contributed by atoms with Gasteiger partial charge in [-0.2, -0.15) is 5.26 Å². The van der Waals surface area contributed by atoms with Gasteiger partial charge in [-0.1, -0.05) is 0 Å². The first-order chi connectivity index (χ1) is 7.53. The summed E-state index contributed by atoms with van der Waals surface area (Å²) in [7, 11) is -2.94. The number of hydrogen-bond donors (Lipinski definition) is 1. The van der Waals surface area contributed by atoms with Gasteiger partial charge in [0, 0.05) is 25.2 Å². The van der Waals surface area contributed by atoms with E-state index < -0.39 is 9.84 Å². The first-order valence-electron chi connectivity index (χ1n) is 4.65. The molecule has 1 rings (SSSR count). The molecule has 0 aliphatic carbocycles. The smallest absolute Gasteiger partial charge is 0.182 e. The van der Waals surface area contributed by atoms with Crippen LogP contribution in [0.4, 0.5) is 5.82 Å².